The van der Waals surface area contributed by atoms with Gasteiger partial charge in [-0.25, -0.2) is 4.98 Å². The summed E-state index contributed by atoms with van der Waals surface area (Å²) in [7, 11) is 1.39. The Balaban J connectivity index is 0.000000221. The van der Waals surface area contributed by atoms with Gasteiger partial charge in [0.1, 0.15) is 23.1 Å². The van der Waals surface area contributed by atoms with Crippen LogP contribution in [0.4, 0.5) is 0 Å². The van der Waals surface area contributed by atoms with Gasteiger partial charge < -0.3 is 19.7 Å². The molecule has 0 aliphatic heterocycles. The van der Waals surface area contributed by atoms with Gasteiger partial charge in [0.25, 0.3) is 0 Å². The fraction of sp³-hybridized carbons (Fsp3) is 0.205. The minimum Gasteiger partial charge on any atom is -0.508 e. The van der Waals surface area contributed by atoms with Crippen molar-refractivity contribution in [2.45, 2.75) is 45.1 Å². The van der Waals surface area contributed by atoms with Crippen LogP contribution in [0.5, 0.6) is 11.5 Å². The highest BCUT2D eigenvalue weighted by molar-refractivity contribution is 7.15. The first-order valence-corrected chi connectivity index (χ1v) is 18.2. The maximum Gasteiger partial charge on any atom is 0.306 e. The molecule has 0 radical (unpaired) electrons. The van der Waals surface area contributed by atoms with Crippen LogP contribution in [0.2, 0.25) is 0 Å². The number of esters is 1. The lowest BCUT2D eigenvalue weighted by molar-refractivity contribution is -0.141. The lowest BCUT2D eigenvalue weighted by Gasteiger charge is -2.14. The monoisotopic (exact) mass is 711 g/mol. The van der Waals surface area contributed by atoms with Gasteiger partial charge in [-0.05, 0) is 72.1 Å². The normalized spacial score (nSPS) is 12.0. The summed E-state index contributed by atoms with van der Waals surface area (Å²) in [4.78, 5) is 30.8. The number of benzene rings is 3. The zero-order valence-electron chi connectivity index (χ0n) is 27.4. The van der Waals surface area contributed by atoms with Gasteiger partial charge in [0.15, 0.2) is 0 Å². The molecule has 0 saturated carbocycles. The first-order valence-electron chi connectivity index (χ1n) is 15.6. The SMILES string of the molecule is COC(=O)CC(c1ccc(O)cc1)c1cccs1.Cc1ccc(-c2nc(C)c(COc3ccc(C(CC(=O)O)c4cccs4)cc3)s2)cc1. The van der Waals surface area contributed by atoms with Crippen molar-refractivity contribution < 1.29 is 29.3 Å². The third-order valence-electron chi connectivity index (χ3n) is 7.89. The smallest absolute Gasteiger partial charge is 0.306 e. The van der Waals surface area contributed by atoms with Gasteiger partial charge >= 0.3 is 11.9 Å². The molecule has 2 atom stereocenters. The number of aryl methyl sites for hydroxylation is 2. The van der Waals surface area contributed by atoms with Crippen LogP contribution in [0.1, 0.15) is 61.7 Å². The summed E-state index contributed by atoms with van der Waals surface area (Å²) in [6.45, 7) is 4.54. The molecule has 7 nitrogen and oxygen atoms in total. The van der Waals surface area contributed by atoms with Gasteiger partial charge in [0, 0.05) is 27.2 Å². The molecule has 2 N–H and O–H groups in total. The van der Waals surface area contributed by atoms with Gasteiger partial charge in [-0.15, -0.1) is 34.0 Å². The number of hydrogen-bond acceptors (Lipinski definition) is 9. The molecule has 0 aliphatic carbocycles. The van der Waals surface area contributed by atoms with Crippen LogP contribution in [0, 0.1) is 13.8 Å². The summed E-state index contributed by atoms with van der Waals surface area (Å²) in [6, 6.07) is 31.0. The number of rotatable bonds is 12. The Kier molecular flexibility index (Phi) is 12.4. The molecule has 0 saturated heterocycles. The first-order chi connectivity index (χ1) is 23.7. The summed E-state index contributed by atoms with van der Waals surface area (Å²) < 4.78 is 10.7. The molecule has 0 bridgehead atoms. The zero-order valence-corrected chi connectivity index (χ0v) is 29.8. The summed E-state index contributed by atoms with van der Waals surface area (Å²) in [5, 5.41) is 23.6. The molecule has 0 aliphatic rings. The van der Waals surface area contributed by atoms with E-state index >= 15 is 0 Å². The molecular weight excluding hydrogens is 675 g/mol. The first kappa shape index (κ1) is 35.5. The van der Waals surface area contributed by atoms with E-state index < -0.39 is 5.97 Å². The maximum atomic E-state index is 11.5. The number of aromatic nitrogens is 1. The van der Waals surface area contributed by atoms with E-state index in [0.29, 0.717) is 13.0 Å². The average Bonchev–Trinajstić information content (AvgIpc) is 3.90. The van der Waals surface area contributed by atoms with Gasteiger partial charge in [0.05, 0.1) is 30.5 Å². The number of methoxy groups -OCH3 is 1. The van der Waals surface area contributed by atoms with Crippen LogP contribution in [-0.2, 0) is 20.9 Å². The van der Waals surface area contributed by atoms with Crippen LogP contribution in [0.15, 0.2) is 108 Å². The lowest BCUT2D eigenvalue weighted by Crippen LogP contribution is -2.08. The van der Waals surface area contributed by atoms with Crippen LogP contribution in [-0.4, -0.2) is 34.2 Å². The molecule has 2 unspecified atom stereocenters. The minimum absolute atomic E-state index is 0.0157. The number of phenolic OH excluding ortho intramolecular Hbond substituents is 1. The van der Waals surface area contributed by atoms with Crippen LogP contribution < -0.4 is 4.74 Å². The number of carboxylic acids is 1. The van der Waals surface area contributed by atoms with Crippen LogP contribution >= 0.6 is 34.0 Å². The van der Waals surface area contributed by atoms with E-state index in [1.54, 1.807) is 46.1 Å². The minimum atomic E-state index is -0.802. The van der Waals surface area contributed by atoms with E-state index in [2.05, 4.69) is 31.2 Å². The molecule has 0 fully saturated rings. The molecule has 0 amide bonds. The molecule has 0 spiro atoms. The van der Waals surface area contributed by atoms with Crippen molar-refractivity contribution in [3.8, 4) is 22.1 Å². The highest BCUT2D eigenvalue weighted by Crippen LogP contribution is 2.34. The van der Waals surface area contributed by atoms with Crippen molar-refractivity contribution in [1.29, 1.82) is 0 Å². The molecular formula is C39H37NO6S3. The number of phenols is 1. The van der Waals surface area contributed by atoms with E-state index in [4.69, 9.17) is 14.5 Å². The topological polar surface area (TPSA) is 106 Å². The molecule has 6 rings (SSSR count). The highest BCUT2D eigenvalue weighted by atomic mass is 32.1. The van der Waals surface area contributed by atoms with Gasteiger partial charge in [-0.3, -0.25) is 9.59 Å². The van der Waals surface area contributed by atoms with Gasteiger partial charge in [0.2, 0.25) is 0 Å². The van der Waals surface area contributed by atoms with E-state index in [1.165, 1.54) is 12.7 Å². The van der Waals surface area contributed by atoms with E-state index in [0.717, 1.165) is 47.8 Å². The Labute approximate surface area is 298 Å². The fourth-order valence-corrected chi connectivity index (χ4v) is 7.89. The summed E-state index contributed by atoms with van der Waals surface area (Å²) >= 11 is 4.85. The predicted molar refractivity (Wildman–Crippen MR) is 197 cm³/mol. The maximum absolute atomic E-state index is 11.5. The largest absolute Gasteiger partial charge is 0.508 e. The summed E-state index contributed by atoms with van der Waals surface area (Å²) in [5.41, 5.74) is 5.31. The highest BCUT2D eigenvalue weighted by Gasteiger charge is 2.20. The number of ether oxygens (including phenoxy) is 2. The number of thiophene rings is 2. The second kappa shape index (κ2) is 17.1. The third kappa shape index (κ3) is 9.88. The second-order valence-corrected chi connectivity index (χ2v) is 14.4. The van der Waals surface area contributed by atoms with Gasteiger partial charge in [-0.1, -0.05) is 66.2 Å². The Hall–Kier alpha value is -4.77. The van der Waals surface area contributed by atoms with Crippen molar-refractivity contribution in [3.05, 3.63) is 145 Å². The van der Waals surface area contributed by atoms with E-state index in [1.807, 2.05) is 78.3 Å². The second-order valence-electron chi connectivity index (χ2n) is 11.4. The number of aliphatic carboxylic acids is 1. The van der Waals surface area contributed by atoms with Crippen LogP contribution in [0.3, 0.4) is 0 Å². The van der Waals surface area contributed by atoms with Crippen molar-refractivity contribution in [2.24, 2.45) is 0 Å². The Morgan fingerprint density at radius 3 is 1.88 bits per heavy atom. The molecule has 3 heterocycles. The number of carbonyl (C=O) groups excluding carboxylic acids is 1. The van der Waals surface area contributed by atoms with Crippen molar-refractivity contribution >= 4 is 45.9 Å². The number of aromatic hydroxyl groups is 1. The fourth-order valence-electron chi connectivity index (χ4n) is 5.20. The molecule has 49 heavy (non-hydrogen) atoms. The summed E-state index contributed by atoms with van der Waals surface area (Å²) in [6.07, 6.45) is 0.379. The summed E-state index contributed by atoms with van der Waals surface area (Å²) in [5.74, 6) is -0.217. The quantitative estimate of drug-likeness (QED) is 0.122. The third-order valence-corrected chi connectivity index (χ3v) is 11.0. The number of carbonyl (C=O) groups is 2. The lowest BCUT2D eigenvalue weighted by atomic mass is 9.94. The Bertz CT molecular complexity index is 1910. The molecule has 10 heteroatoms. The van der Waals surface area contributed by atoms with Crippen molar-refractivity contribution in [1.82, 2.24) is 4.98 Å². The molecule has 3 aromatic heterocycles. The van der Waals surface area contributed by atoms with Crippen molar-refractivity contribution in [3.63, 3.8) is 0 Å². The predicted octanol–water partition coefficient (Wildman–Crippen LogP) is 9.82. The number of hydrogen-bond donors (Lipinski definition) is 2. The number of nitrogens with zero attached hydrogens (tertiary/aromatic N) is 1. The number of thiazole rings is 1. The van der Waals surface area contributed by atoms with Crippen LogP contribution in [0.25, 0.3) is 10.6 Å². The molecule has 3 aromatic carbocycles. The van der Waals surface area contributed by atoms with E-state index in [-0.39, 0.29) is 30.0 Å². The average molecular weight is 712 g/mol. The van der Waals surface area contributed by atoms with Crippen molar-refractivity contribution in [2.75, 3.05) is 7.11 Å². The number of carboxylic acid groups (broad SMARTS) is 1. The Morgan fingerprint density at radius 2 is 1.35 bits per heavy atom. The van der Waals surface area contributed by atoms with Gasteiger partial charge in [-0.2, -0.15) is 0 Å². The molecule has 6 aromatic rings. The molecule has 252 valence electrons. The Morgan fingerprint density at radius 1 is 0.776 bits per heavy atom. The van der Waals surface area contributed by atoms with E-state index in [9.17, 15) is 19.8 Å². The zero-order chi connectivity index (χ0) is 34.8. The standard InChI is InChI=1S/C25H23NO3S2.C14H14O3S/c1-16-5-7-19(8-6-16)25-26-17(2)23(31-25)15-29-20-11-9-18(10-12-20)21(14-24(27)28)22-4-3-13-30-22;1-17-14(16)9-12(13-3-2-8-18-13)10-4-6-11(15)7-5-10/h3-13,21H,14-15H2,1-2H3,(H,27,28);2-8,12,15H,9H2,1H3.